The molecular formula is C40H72O6. The maximum absolute atomic E-state index is 12.6. The molecule has 6 nitrogen and oxygen atoms in total. The second kappa shape index (κ2) is 35.7. The lowest BCUT2D eigenvalue weighted by Gasteiger charge is -2.18. The van der Waals surface area contributed by atoms with E-state index in [2.05, 4.69) is 45.1 Å². The summed E-state index contributed by atoms with van der Waals surface area (Å²) in [6.45, 7) is 6.45. The zero-order chi connectivity index (χ0) is 33.8. The molecule has 0 spiro atoms. The molecular weight excluding hydrogens is 576 g/mol. The highest BCUT2D eigenvalue weighted by Crippen LogP contribution is 2.12. The summed E-state index contributed by atoms with van der Waals surface area (Å²) in [6.07, 6.45) is 36.1. The van der Waals surface area contributed by atoms with Gasteiger partial charge in [-0.2, -0.15) is 0 Å². The summed E-state index contributed by atoms with van der Waals surface area (Å²) in [5.74, 6) is -0.916. The van der Waals surface area contributed by atoms with Crippen LogP contribution >= 0.6 is 0 Å². The van der Waals surface area contributed by atoms with Crippen LogP contribution in [0, 0.1) is 0 Å². The van der Waals surface area contributed by atoms with E-state index in [4.69, 9.17) is 14.2 Å². The molecule has 0 saturated heterocycles. The van der Waals surface area contributed by atoms with Crippen molar-refractivity contribution in [2.24, 2.45) is 0 Å². The largest absolute Gasteiger partial charge is 0.462 e. The zero-order valence-electron chi connectivity index (χ0n) is 30.3. The van der Waals surface area contributed by atoms with E-state index in [0.717, 1.165) is 83.5 Å². The molecule has 0 aliphatic heterocycles. The van der Waals surface area contributed by atoms with Crippen molar-refractivity contribution >= 4 is 17.9 Å². The SMILES string of the molecule is CCCC/C=C\CCCCCCCC(=O)OC(COC(=O)CCCCCCC)COC(=O)CCCCCCC/C=C\CCCCC. The Hall–Kier alpha value is -2.11. The maximum Gasteiger partial charge on any atom is 0.306 e. The van der Waals surface area contributed by atoms with Gasteiger partial charge in [0.05, 0.1) is 0 Å². The highest BCUT2D eigenvalue weighted by atomic mass is 16.6. The summed E-state index contributed by atoms with van der Waals surface area (Å²) < 4.78 is 16.5. The van der Waals surface area contributed by atoms with Crippen LogP contribution in [0.1, 0.15) is 194 Å². The maximum atomic E-state index is 12.6. The average molecular weight is 649 g/mol. The molecule has 0 aliphatic rings. The zero-order valence-corrected chi connectivity index (χ0v) is 30.3. The molecule has 0 aromatic rings. The Bertz CT molecular complexity index is 759. The van der Waals surface area contributed by atoms with Gasteiger partial charge < -0.3 is 14.2 Å². The van der Waals surface area contributed by atoms with Gasteiger partial charge in [0.25, 0.3) is 0 Å². The lowest BCUT2D eigenvalue weighted by atomic mass is 10.1. The molecule has 0 aromatic carbocycles. The number of allylic oxidation sites excluding steroid dienone is 4. The number of esters is 3. The summed E-state index contributed by atoms with van der Waals surface area (Å²) >= 11 is 0. The molecule has 1 atom stereocenters. The summed E-state index contributed by atoms with van der Waals surface area (Å²) in [5.41, 5.74) is 0. The van der Waals surface area contributed by atoms with Crippen LogP contribution in [-0.2, 0) is 28.6 Å². The molecule has 0 bridgehead atoms. The van der Waals surface area contributed by atoms with Gasteiger partial charge in [0.15, 0.2) is 6.10 Å². The monoisotopic (exact) mass is 649 g/mol. The van der Waals surface area contributed by atoms with Gasteiger partial charge in [-0.3, -0.25) is 14.4 Å². The topological polar surface area (TPSA) is 78.9 Å². The summed E-state index contributed by atoms with van der Waals surface area (Å²) in [5, 5.41) is 0. The van der Waals surface area contributed by atoms with Gasteiger partial charge in [0.2, 0.25) is 0 Å². The molecule has 0 saturated carbocycles. The highest BCUT2D eigenvalue weighted by Gasteiger charge is 2.19. The molecule has 0 N–H and O–H groups in total. The minimum atomic E-state index is -0.769. The van der Waals surface area contributed by atoms with Crippen LogP contribution in [0.25, 0.3) is 0 Å². The molecule has 268 valence electrons. The number of hydrogen-bond donors (Lipinski definition) is 0. The lowest BCUT2D eigenvalue weighted by Crippen LogP contribution is -2.30. The van der Waals surface area contributed by atoms with Crippen molar-refractivity contribution in [2.75, 3.05) is 13.2 Å². The van der Waals surface area contributed by atoms with E-state index in [1.54, 1.807) is 0 Å². The van der Waals surface area contributed by atoms with Crippen molar-refractivity contribution < 1.29 is 28.6 Å². The fourth-order valence-corrected chi connectivity index (χ4v) is 5.18. The number of ether oxygens (including phenoxy) is 3. The van der Waals surface area contributed by atoms with E-state index < -0.39 is 6.10 Å². The predicted octanol–water partition coefficient (Wildman–Crippen LogP) is 11.7. The Labute approximate surface area is 283 Å². The van der Waals surface area contributed by atoms with Crippen molar-refractivity contribution in [3.8, 4) is 0 Å². The van der Waals surface area contributed by atoms with Gasteiger partial charge in [0, 0.05) is 19.3 Å². The van der Waals surface area contributed by atoms with Crippen molar-refractivity contribution in [2.45, 2.75) is 200 Å². The molecule has 6 heteroatoms. The first-order valence-electron chi connectivity index (χ1n) is 19.3. The smallest absolute Gasteiger partial charge is 0.306 e. The molecule has 0 aromatic heterocycles. The van der Waals surface area contributed by atoms with Gasteiger partial charge in [-0.15, -0.1) is 0 Å². The third-order valence-electron chi connectivity index (χ3n) is 8.18. The Morgan fingerprint density at radius 3 is 1.20 bits per heavy atom. The molecule has 0 aliphatic carbocycles. The van der Waals surface area contributed by atoms with E-state index >= 15 is 0 Å². The fraction of sp³-hybridized carbons (Fsp3) is 0.825. The third kappa shape index (κ3) is 33.3. The molecule has 0 rings (SSSR count). The van der Waals surface area contributed by atoms with Crippen LogP contribution in [0.3, 0.4) is 0 Å². The third-order valence-corrected chi connectivity index (χ3v) is 8.18. The molecule has 46 heavy (non-hydrogen) atoms. The quantitative estimate of drug-likeness (QED) is 0.0299. The van der Waals surface area contributed by atoms with Crippen LogP contribution in [0.2, 0.25) is 0 Å². The Morgan fingerprint density at radius 1 is 0.413 bits per heavy atom. The number of unbranched alkanes of at least 4 members (excludes halogenated alkanes) is 19. The van der Waals surface area contributed by atoms with Crippen LogP contribution in [-0.4, -0.2) is 37.2 Å². The van der Waals surface area contributed by atoms with E-state index in [1.165, 1.54) is 70.6 Å². The first-order chi connectivity index (χ1) is 22.5. The summed E-state index contributed by atoms with van der Waals surface area (Å²) in [7, 11) is 0. The van der Waals surface area contributed by atoms with Crippen molar-refractivity contribution in [3.05, 3.63) is 24.3 Å². The first-order valence-corrected chi connectivity index (χ1v) is 19.3. The Kier molecular flexibility index (Phi) is 34.1. The average Bonchev–Trinajstić information content (AvgIpc) is 3.05. The number of carbonyl (C=O) groups excluding carboxylic acids is 3. The Balaban J connectivity index is 4.31. The molecule has 0 amide bonds. The van der Waals surface area contributed by atoms with Gasteiger partial charge in [-0.25, -0.2) is 0 Å². The van der Waals surface area contributed by atoms with E-state index in [0.29, 0.717) is 19.3 Å². The molecule has 1 unspecified atom stereocenters. The Morgan fingerprint density at radius 2 is 0.739 bits per heavy atom. The van der Waals surface area contributed by atoms with Gasteiger partial charge in [-0.05, 0) is 64.2 Å². The van der Waals surface area contributed by atoms with Crippen LogP contribution in [0.5, 0.6) is 0 Å². The minimum Gasteiger partial charge on any atom is -0.462 e. The fourth-order valence-electron chi connectivity index (χ4n) is 5.18. The second-order valence-corrected chi connectivity index (χ2v) is 12.8. The van der Waals surface area contributed by atoms with Crippen LogP contribution < -0.4 is 0 Å². The van der Waals surface area contributed by atoms with Crippen LogP contribution in [0.4, 0.5) is 0 Å². The first kappa shape index (κ1) is 43.9. The number of carbonyl (C=O) groups is 3. The lowest BCUT2D eigenvalue weighted by molar-refractivity contribution is -0.167. The van der Waals surface area contributed by atoms with E-state index in [-0.39, 0.29) is 31.1 Å². The summed E-state index contributed by atoms with van der Waals surface area (Å²) in [6, 6.07) is 0. The molecule has 0 heterocycles. The second-order valence-electron chi connectivity index (χ2n) is 12.8. The molecule has 0 fully saturated rings. The normalized spacial score (nSPS) is 12.2. The van der Waals surface area contributed by atoms with Gasteiger partial charge in [0.1, 0.15) is 13.2 Å². The number of rotatable bonds is 34. The summed E-state index contributed by atoms with van der Waals surface area (Å²) in [4.78, 5) is 37.2. The highest BCUT2D eigenvalue weighted by molar-refractivity contribution is 5.71. The van der Waals surface area contributed by atoms with Gasteiger partial charge in [-0.1, -0.05) is 135 Å². The van der Waals surface area contributed by atoms with E-state index in [9.17, 15) is 14.4 Å². The number of hydrogen-bond acceptors (Lipinski definition) is 6. The minimum absolute atomic E-state index is 0.0777. The van der Waals surface area contributed by atoms with Gasteiger partial charge >= 0.3 is 17.9 Å². The predicted molar refractivity (Wildman–Crippen MR) is 192 cm³/mol. The van der Waals surface area contributed by atoms with Crippen molar-refractivity contribution in [1.82, 2.24) is 0 Å². The standard InChI is InChI=1S/C40H72O6/c1-4-7-10-13-15-17-19-21-22-24-27-30-33-39(42)45-36-37(35-44-38(41)32-29-26-12-9-6-3)46-40(43)34-31-28-25-23-20-18-16-14-11-8-5-2/h14-17,37H,4-13,18-36H2,1-3H3/b16-14-,17-15-. The van der Waals surface area contributed by atoms with Crippen molar-refractivity contribution in [3.63, 3.8) is 0 Å². The van der Waals surface area contributed by atoms with Crippen molar-refractivity contribution in [1.29, 1.82) is 0 Å². The van der Waals surface area contributed by atoms with E-state index in [1.807, 2.05) is 0 Å². The van der Waals surface area contributed by atoms with Crippen LogP contribution in [0.15, 0.2) is 24.3 Å². The molecule has 0 radical (unpaired) electrons.